The van der Waals surface area contributed by atoms with Gasteiger partial charge in [0.15, 0.2) is 0 Å². The van der Waals surface area contributed by atoms with Crippen LogP contribution in [-0.2, 0) is 9.59 Å². The number of non-ortho nitro benzene ring substituents is 1. The van der Waals surface area contributed by atoms with E-state index >= 15 is 0 Å². The van der Waals surface area contributed by atoms with Crippen LogP contribution in [-0.4, -0.2) is 40.9 Å². The molecule has 9 nitrogen and oxygen atoms in total. The number of hydrazone groups is 1. The van der Waals surface area contributed by atoms with Gasteiger partial charge in [-0.25, -0.2) is 5.43 Å². The van der Waals surface area contributed by atoms with Crippen LogP contribution in [0.2, 0.25) is 0 Å². The monoisotopic (exact) mass is 370 g/mol. The Bertz CT molecular complexity index is 883. The third-order valence-corrected chi connectivity index (χ3v) is 4.16. The van der Waals surface area contributed by atoms with Crippen molar-refractivity contribution in [1.29, 1.82) is 0 Å². The Labute approximate surface area is 154 Å². The lowest BCUT2D eigenvalue weighted by molar-refractivity contribution is -0.384. The number of carbonyl (C=O) groups is 2. The summed E-state index contributed by atoms with van der Waals surface area (Å²) in [4.78, 5) is 35.7. The molecule has 0 spiro atoms. The quantitative estimate of drug-likeness (QED) is 0.383. The standard InChI is InChI=1S/C18H18N4O5/c23-17(18(24)21-9-2-1-3-10-21)20-19-12-15-7-8-16(27-15)13-5-4-6-14(11-13)22(25)26/h4-8,11-12H,1-3,9-10H2,(H,20,23)/b19-12+. The highest BCUT2D eigenvalue weighted by molar-refractivity contribution is 6.35. The number of hydrogen-bond donors (Lipinski definition) is 1. The molecule has 1 aliphatic rings. The molecule has 140 valence electrons. The number of nitro groups is 1. The molecule has 1 fully saturated rings. The average Bonchev–Trinajstić information content (AvgIpc) is 3.17. The van der Waals surface area contributed by atoms with Crippen LogP contribution in [0.15, 0.2) is 45.9 Å². The van der Waals surface area contributed by atoms with Crippen LogP contribution in [0.1, 0.15) is 25.0 Å². The molecule has 1 aromatic carbocycles. The Morgan fingerprint density at radius 1 is 1.19 bits per heavy atom. The van der Waals surface area contributed by atoms with E-state index in [9.17, 15) is 19.7 Å². The number of carbonyl (C=O) groups excluding carboxylic acids is 2. The molecule has 2 heterocycles. The number of furan rings is 1. The van der Waals surface area contributed by atoms with E-state index in [2.05, 4.69) is 10.5 Å². The molecule has 9 heteroatoms. The predicted molar refractivity (Wildman–Crippen MR) is 97.0 cm³/mol. The molecule has 3 rings (SSSR count). The Balaban J connectivity index is 1.60. The summed E-state index contributed by atoms with van der Waals surface area (Å²) in [5.74, 6) is -0.625. The third kappa shape index (κ3) is 4.57. The summed E-state index contributed by atoms with van der Waals surface area (Å²) < 4.78 is 5.54. The molecule has 0 aliphatic carbocycles. The maximum atomic E-state index is 12.0. The minimum Gasteiger partial charge on any atom is -0.455 e. The second-order valence-electron chi connectivity index (χ2n) is 6.06. The predicted octanol–water partition coefficient (Wildman–Crippen LogP) is 2.32. The molecule has 0 radical (unpaired) electrons. The molecule has 0 unspecified atom stereocenters. The van der Waals surface area contributed by atoms with Crippen LogP contribution in [0.5, 0.6) is 0 Å². The molecule has 2 aromatic rings. The van der Waals surface area contributed by atoms with Gasteiger partial charge in [0.1, 0.15) is 11.5 Å². The molecule has 1 aliphatic heterocycles. The Morgan fingerprint density at radius 3 is 2.70 bits per heavy atom. The second-order valence-corrected chi connectivity index (χ2v) is 6.06. The largest absolute Gasteiger partial charge is 0.455 e. The van der Waals surface area contributed by atoms with E-state index in [4.69, 9.17) is 4.42 Å². The number of amides is 2. The maximum Gasteiger partial charge on any atom is 0.329 e. The molecule has 1 aromatic heterocycles. The van der Waals surface area contributed by atoms with Crippen molar-refractivity contribution in [1.82, 2.24) is 10.3 Å². The highest BCUT2D eigenvalue weighted by Gasteiger charge is 2.22. The number of nitrogens with one attached hydrogen (secondary N) is 1. The highest BCUT2D eigenvalue weighted by atomic mass is 16.6. The number of piperidine rings is 1. The lowest BCUT2D eigenvalue weighted by Gasteiger charge is -2.25. The zero-order valence-corrected chi connectivity index (χ0v) is 14.5. The van der Waals surface area contributed by atoms with Crippen molar-refractivity contribution >= 4 is 23.7 Å². The fourth-order valence-electron chi connectivity index (χ4n) is 2.79. The molecule has 2 amide bonds. The van der Waals surface area contributed by atoms with Gasteiger partial charge in [-0.3, -0.25) is 19.7 Å². The number of hydrogen-bond acceptors (Lipinski definition) is 6. The summed E-state index contributed by atoms with van der Waals surface area (Å²) in [5, 5.41) is 14.6. The maximum absolute atomic E-state index is 12.0. The summed E-state index contributed by atoms with van der Waals surface area (Å²) in [6.07, 6.45) is 4.13. The van der Waals surface area contributed by atoms with Gasteiger partial charge in [-0.15, -0.1) is 0 Å². The van der Waals surface area contributed by atoms with E-state index < -0.39 is 16.7 Å². The zero-order valence-electron chi connectivity index (χ0n) is 14.5. The number of nitrogens with zero attached hydrogens (tertiary/aromatic N) is 3. The molecule has 1 saturated heterocycles. The van der Waals surface area contributed by atoms with Crippen molar-refractivity contribution in [2.24, 2.45) is 5.10 Å². The summed E-state index contributed by atoms with van der Waals surface area (Å²) in [7, 11) is 0. The Kier molecular flexibility index (Phi) is 5.60. The van der Waals surface area contributed by atoms with Gasteiger partial charge in [0.2, 0.25) is 0 Å². The smallest absolute Gasteiger partial charge is 0.329 e. The van der Waals surface area contributed by atoms with E-state index in [1.54, 1.807) is 24.3 Å². The van der Waals surface area contributed by atoms with E-state index in [1.165, 1.54) is 23.2 Å². The van der Waals surface area contributed by atoms with Crippen molar-refractivity contribution in [2.45, 2.75) is 19.3 Å². The first-order chi connectivity index (χ1) is 13.0. The lowest BCUT2D eigenvalue weighted by Crippen LogP contribution is -2.43. The number of rotatable bonds is 4. The number of likely N-dealkylation sites (tertiary alicyclic amines) is 1. The number of nitro benzene ring substituents is 1. The first-order valence-electron chi connectivity index (χ1n) is 8.51. The van der Waals surface area contributed by atoms with Gasteiger partial charge in [0, 0.05) is 30.8 Å². The fourth-order valence-corrected chi connectivity index (χ4v) is 2.79. The van der Waals surface area contributed by atoms with Crippen molar-refractivity contribution in [3.63, 3.8) is 0 Å². The van der Waals surface area contributed by atoms with Gasteiger partial charge in [0.25, 0.3) is 5.69 Å². The van der Waals surface area contributed by atoms with Crippen LogP contribution in [0.3, 0.4) is 0 Å². The lowest BCUT2D eigenvalue weighted by atomic mass is 10.1. The molecule has 0 saturated carbocycles. The Morgan fingerprint density at radius 2 is 1.96 bits per heavy atom. The van der Waals surface area contributed by atoms with Crippen LogP contribution >= 0.6 is 0 Å². The van der Waals surface area contributed by atoms with Gasteiger partial charge in [-0.1, -0.05) is 12.1 Å². The van der Waals surface area contributed by atoms with Gasteiger partial charge >= 0.3 is 11.8 Å². The van der Waals surface area contributed by atoms with E-state index in [0.29, 0.717) is 30.2 Å². The normalized spacial score (nSPS) is 14.3. The Hall–Kier alpha value is -3.49. The summed E-state index contributed by atoms with van der Waals surface area (Å²) in [6, 6.07) is 9.29. The minimum absolute atomic E-state index is 0.0393. The molecule has 27 heavy (non-hydrogen) atoms. The van der Waals surface area contributed by atoms with Crippen LogP contribution in [0.25, 0.3) is 11.3 Å². The second kappa shape index (κ2) is 8.26. The van der Waals surface area contributed by atoms with Crippen molar-refractivity contribution in [3.8, 4) is 11.3 Å². The van der Waals surface area contributed by atoms with Gasteiger partial charge in [0.05, 0.1) is 11.1 Å². The van der Waals surface area contributed by atoms with Crippen LogP contribution < -0.4 is 5.43 Å². The van der Waals surface area contributed by atoms with Gasteiger partial charge in [-0.05, 0) is 31.4 Å². The van der Waals surface area contributed by atoms with Crippen molar-refractivity contribution in [3.05, 3.63) is 52.3 Å². The minimum atomic E-state index is -0.793. The van der Waals surface area contributed by atoms with Crippen LogP contribution in [0, 0.1) is 10.1 Å². The van der Waals surface area contributed by atoms with E-state index in [0.717, 1.165) is 19.3 Å². The van der Waals surface area contributed by atoms with Gasteiger partial charge in [-0.2, -0.15) is 5.10 Å². The fraction of sp³-hybridized carbons (Fsp3) is 0.278. The number of benzene rings is 1. The average molecular weight is 370 g/mol. The van der Waals surface area contributed by atoms with Crippen LogP contribution in [0.4, 0.5) is 5.69 Å². The molecular weight excluding hydrogens is 352 g/mol. The molecule has 0 bridgehead atoms. The molecular formula is C18H18N4O5. The zero-order chi connectivity index (χ0) is 19.2. The summed E-state index contributed by atoms with van der Waals surface area (Å²) in [5.41, 5.74) is 2.70. The van der Waals surface area contributed by atoms with Crippen molar-refractivity contribution in [2.75, 3.05) is 13.1 Å². The van der Waals surface area contributed by atoms with Gasteiger partial charge < -0.3 is 9.32 Å². The topological polar surface area (TPSA) is 118 Å². The third-order valence-electron chi connectivity index (χ3n) is 4.16. The van der Waals surface area contributed by atoms with E-state index in [1.807, 2.05) is 0 Å². The first-order valence-corrected chi connectivity index (χ1v) is 8.51. The molecule has 0 atom stereocenters. The first kappa shape index (κ1) is 18.3. The van der Waals surface area contributed by atoms with Crippen molar-refractivity contribution < 1.29 is 18.9 Å². The summed E-state index contributed by atoms with van der Waals surface area (Å²) in [6.45, 7) is 1.17. The molecule has 1 N–H and O–H groups in total. The highest BCUT2D eigenvalue weighted by Crippen LogP contribution is 2.25. The SMILES string of the molecule is O=C(N/N=C/c1ccc(-c2cccc([N+](=O)[O-])c2)o1)C(=O)N1CCCCC1. The summed E-state index contributed by atoms with van der Waals surface area (Å²) >= 11 is 0. The van der Waals surface area contributed by atoms with E-state index in [-0.39, 0.29) is 5.69 Å².